The van der Waals surface area contributed by atoms with E-state index < -0.39 is 0 Å². The van der Waals surface area contributed by atoms with Gasteiger partial charge < -0.3 is 5.32 Å². The lowest BCUT2D eigenvalue weighted by Gasteiger charge is -2.33. The van der Waals surface area contributed by atoms with Gasteiger partial charge in [-0.15, -0.1) is 6.58 Å². The van der Waals surface area contributed by atoms with E-state index in [4.69, 9.17) is 0 Å². The van der Waals surface area contributed by atoms with E-state index in [9.17, 15) is 0 Å². The van der Waals surface area contributed by atoms with Gasteiger partial charge in [0.15, 0.2) is 0 Å². The molecule has 1 atom stereocenters. The van der Waals surface area contributed by atoms with Crippen molar-refractivity contribution < 1.29 is 0 Å². The van der Waals surface area contributed by atoms with Crippen molar-refractivity contribution in [2.75, 3.05) is 26.2 Å². The predicted molar refractivity (Wildman–Crippen MR) is 69.2 cm³/mol. The molecule has 0 aromatic carbocycles. The van der Waals surface area contributed by atoms with E-state index >= 15 is 0 Å². The highest BCUT2D eigenvalue weighted by Crippen LogP contribution is 2.09. The molecule has 0 radical (unpaired) electrons. The fourth-order valence-electron chi connectivity index (χ4n) is 1.88. The Bertz CT molecular complexity index is 155. The van der Waals surface area contributed by atoms with Gasteiger partial charge in [0.1, 0.15) is 0 Å². The topological polar surface area (TPSA) is 15.3 Å². The second-order valence-electron chi connectivity index (χ2n) is 4.39. The Morgan fingerprint density at radius 2 is 2.00 bits per heavy atom. The van der Waals surface area contributed by atoms with E-state index in [0.29, 0.717) is 12.0 Å². The maximum atomic E-state index is 3.82. The largest absolute Gasteiger partial charge is 0.315 e. The fourth-order valence-corrected chi connectivity index (χ4v) is 1.88. The van der Waals surface area contributed by atoms with Gasteiger partial charge in [0, 0.05) is 19.1 Å². The van der Waals surface area contributed by atoms with Crippen LogP contribution in [0.5, 0.6) is 0 Å². The SMILES string of the molecule is C=CCN(CC)C(CNCCC)C(C)C. The summed E-state index contributed by atoms with van der Waals surface area (Å²) in [5.41, 5.74) is 0. The third-order valence-corrected chi connectivity index (χ3v) is 2.79. The van der Waals surface area contributed by atoms with Crippen molar-refractivity contribution in [1.29, 1.82) is 0 Å². The second-order valence-corrected chi connectivity index (χ2v) is 4.39. The molecule has 15 heavy (non-hydrogen) atoms. The van der Waals surface area contributed by atoms with Crippen molar-refractivity contribution in [1.82, 2.24) is 10.2 Å². The summed E-state index contributed by atoms with van der Waals surface area (Å²) in [6, 6.07) is 0.625. The molecule has 0 heterocycles. The van der Waals surface area contributed by atoms with Gasteiger partial charge in [-0.05, 0) is 25.4 Å². The van der Waals surface area contributed by atoms with Gasteiger partial charge in [-0.1, -0.05) is 33.8 Å². The molecule has 0 saturated heterocycles. The van der Waals surface area contributed by atoms with Crippen LogP contribution in [-0.4, -0.2) is 37.1 Å². The van der Waals surface area contributed by atoms with Crippen LogP contribution in [-0.2, 0) is 0 Å². The summed E-state index contributed by atoms with van der Waals surface area (Å²) in [4.78, 5) is 2.49. The van der Waals surface area contributed by atoms with Crippen LogP contribution in [0.15, 0.2) is 12.7 Å². The fraction of sp³-hybridized carbons (Fsp3) is 0.846. The van der Waals surface area contributed by atoms with Crippen LogP contribution in [0.3, 0.4) is 0 Å². The first kappa shape index (κ1) is 14.7. The smallest absolute Gasteiger partial charge is 0.0246 e. The normalized spacial score (nSPS) is 13.5. The van der Waals surface area contributed by atoms with Crippen molar-refractivity contribution in [3.8, 4) is 0 Å². The van der Waals surface area contributed by atoms with Crippen LogP contribution in [0, 0.1) is 5.92 Å². The first-order chi connectivity index (χ1) is 7.17. The molecule has 2 nitrogen and oxygen atoms in total. The minimum absolute atomic E-state index is 0.625. The summed E-state index contributed by atoms with van der Waals surface area (Å²) < 4.78 is 0. The zero-order valence-corrected chi connectivity index (χ0v) is 10.9. The maximum Gasteiger partial charge on any atom is 0.0246 e. The molecule has 0 aromatic heterocycles. The maximum absolute atomic E-state index is 3.82. The molecule has 0 amide bonds. The van der Waals surface area contributed by atoms with Crippen molar-refractivity contribution >= 4 is 0 Å². The molecule has 0 aliphatic carbocycles. The molecule has 1 unspecified atom stereocenters. The molecule has 0 saturated carbocycles. The Balaban J connectivity index is 4.14. The monoisotopic (exact) mass is 212 g/mol. The van der Waals surface area contributed by atoms with E-state index in [1.165, 1.54) is 6.42 Å². The Hall–Kier alpha value is -0.340. The van der Waals surface area contributed by atoms with Crippen molar-refractivity contribution in [3.05, 3.63) is 12.7 Å². The molecule has 1 N–H and O–H groups in total. The van der Waals surface area contributed by atoms with Gasteiger partial charge in [-0.25, -0.2) is 0 Å². The number of hydrogen-bond acceptors (Lipinski definition) is 2. The Morgan fingerprint density at radius 3 is 2.40 bits per heavy atom. The van der Waals surface area contributed by atoms with E-state index in [0.717, 1.165) is 26.2 Å². The molecule has 0 aliphatic rings. The number of nitrogens with one attached hydrogen (secondary N) is 1. The minimum Gasteiger partial charge on any atom is -0.315 e. The summed E-state index contributed by atoms with van der Waals surface area (Å²) in [6.45, 7) is 17.1. The lowest BCUT2D eigenvalue weighted by Crippen LogP contribution is -2.45. The molecule has 0 bridgehead atoms. The quantitative estimate of drug-likeness (QED) is 0.467. The lowest BCUT2D eigenvalue weighted by atomic mass is 10.0. The highest BCUT2D eigenvalue weighted by molar-refractivity contribution is 4.82. The molecule has 0 rings (SSSR count). The Kier molecular flexibility index (Phi) is 8.73. The zero-order valence-electron chi connectivity index (χ0n) is 10.9. The summed E-state index contributed by atoms with van der Waals surface area (Å²) in [7, 11) is 0. The number of likely N-dealkylation sites (N-methyl/N-ethyl adjacent to an activating group) is 1. The van der Waals surface area contributed by atoms with Crippen molar-refractivity contribution in [2.24, 2.45) is 5.92 Å². The van der Waals surface area contributed by atoms with E-state index in [-0.39, 0.29) is 0 Å². The Labute approximate surface area is 95.7 Å². The number of hydrogen-bond donors (Lipinski definition) is 1. The highest BCUT2D eigenvalue weighted by atomic mass is 15.2. The number of nitrogens with zero attached hydrogens (tertiary/aromatic N) is 1. The van der Waals surface area contributed by atoms with Gasteiger partial charge in [0.2, 0.25) is 0 Å². The molecule has 90 valence electrons. The van der Waals surface area contributed by atoms with Gasteiger partial charge >= 0.3 is 0 Å². The van der Waals surface area contributed by atoms with E-state index in [1.54, 1.807) is 0 Å². The zero-order chi connectivity index (χ0) is 11.7. The van der Waals surface area contributed by atoms with Crippen LogP contribution in [0.25, 0.3) is 0 Å². The molecule has 0 aliphatic heterocycles. The summed E-state index contributed by atoms with van der Waals surface area (Å²) in [5, 5.41) is 3.51. The van der Waals surface area contributed by atoms with Crippen LogP contribution < -0.4 is 5.32 Å². The molecular formula is C13H28N2. The van der Waals surface area contributed by atoms with Crippen molar-refractivity contribution in [3.63, 3.8) is 0 Å². The molecule has 0 aromatic rings. The molecule has 0 spiro atoms. The van der Waals surface area contributed by atoms with Crippen LogP contribution in [0.2, 0.25) is 0 Å². The standard InChI is InChI=1S/C13H28N2/c1-6-9-14-11-13(12(4)5)15(8-3)10-7-2/h7,12-14H,2,6,8-11H2,1,3-5H3. The summed E-state index contributed by atoms with van der Waals surface area (Å²) >= 11 is 0. The van der Waals surface area contributed by atoms with Crippen LogP contribution >= 0.6 is 0 Å². The molecule has 0 fully saturated rings. The second kappa shape index (κ2) is 8.93. The average Bonchev–Trinajstić information content (AvgIpc) is 2.21. The summed E-state index contributed by atoms with van der Waals surface area (Å²) in [5.74, 6) is 0.689. The average molecular weight is 212 g/mol. The number of rotatable bonds is 9. The van der Waals surface area contributed by atoms with Gasteiger partial charge in [-0.3, -0.25) is 4.90 Å². The molecular weight excluding hydrogens is 184 g/mol. The highest BCUT2D eigenvalue weighted by Gasteiger charge is 2.18. The van der Waals surface area contributed by atoms with Crippen molar-refractivity contribution in [2.45, 2.75) is 40.2 Å². The summed E-state index contributed by atoms with van der Waals surface area (Å²) in [6.07, 6.45) is 3.21. The van der Waals surface area contributed by atoms with E-state index in [1.807, 2.05) is 6.08 Å². The Morgan fingerprint density at radius 1 is 1.33 bits per heavy atom. The first-order valence-corrected chi connectivity index (χ1v) is 6.22. The van der Waals surface area contributed by atoms with Crippen LogP contribution in [0.4, 0.5) is 0 Å². The third-order valence-electron chi connectivity index (χ3n) is 2.79. The lowest BCUT2D eigenvalue weighted by molar-refractivity contribution is 0.176. The molecule has 2 heteroatoms. The van der Waals surface area contributed by atoms with Gasteiger partial charge in [0.05, 0.1) is 0 Å². The first-order valence-electron chi connectivity index (χ1n) is 6.22. The van der Waals surface area contributed by atoms with E-state index in [2.05, 4.69) is 44.5 Å². The minimum atomic E-state index is 0.625. The van der Waals surface area contributed by atoms with Crippen LogP contribution in [0.1, 0.15) is 34.1 Å². The van der Waals surface area contributed by atoms with Gasteiger partial charge in [-0.2, -0.15) is 0 Å². The van der Waals surface area contributed by atoms with Gasteiger partial charge in [0.25, 0.3) is 0 Å². The predicted octanol–water partition coefficient (Wildman–Crippen LogP) is 2.52. The third kappa shape index (κ3) is 5.95.